The summed E-state index contributed by atoms with van der Waals surface area (Å²) in [5.41, 5.74) is -0.227. The summed E-state index contributed by atoms with van der Waals surface area (Å²) in [6.45, 7) is 0.557. The maximum Gasteiger partial charge on any atom is 0.416 e. The molecule has 0 amide bonds. The number of hydrogen-bond acceptors (Lipinski definition) is 2. The highest BCUT2D eigenvalue weighted by Crippen LogP contribution is 2.48. The summed E-state index contributed by atoms with van der Waals surface area (Å²) < 4.78 is 37.5. The summed E-state index contributed by atoms with van der Waals surface area (Å²) in [5, 5.41) is 11.7. The van der Waals surface area contributed by atoms with Crippen LogP contribution >= 0.6 is 0 Å². The third kappa shape index (κ3) is 2.95. The molecule has 1 saturated carbocycles. The zero-order valence-corrected chi connectivity index (χ0v) is 9.72. The molecular weight excluding hydrogens is 241 g/mol. The van der Waals surface area contributed by atoms with E-state index in [1.54, 1.807) is 6.07 Å². The minimum absolute atomic E-state index is 0.0248. The van der Waals surface area contributed by atoms with Crippen LogP contribution in [-0.2, 0) is 6.18 Å². The second-order valence-electron chi connectivity index (χ2n) is 4.77. The van der Waals surface area contributed by atoms with E-state index in [-0.39, 0.29) is 5.41 Å². The molecule has 0 atom stereocenters. The number of nitrogens with one attached hydrogen (secondary N) is 1. The molecule has 18 heavy (non-hydrogen) atoms. The fraction of sp³-hybridized carbons (Fsp3) is 0.462. The number of nitrogens with zero attached hydrogens (tertiary/aromatic N) is 1. The first-order valence-electron chi connectivity index (χ1n) is 5.73. The molecule has 96 valence electrons. The Bertz CT molecular complexity index is 470. The smallest absolute Gasteiger partial charge is 0.384 e. The molecule has 1 aliphatic rings. The topological polar surface area (TPSA) is 35.8 Å². The van der Waals surface area contributed by atoms with Gasteiger partial charge < -0.3 is 5.32 Å². The lowest BCUT2D eigenvalue weighted by Crippen LogP contribution is -2.15. The predicted octanol–water partition coefficient (Wildman–Crippen LogP) is 3.81. The monoisotopic (exact) mass is 254 g/mol. The van der Waals surface area contributed by atoms with Crippen molar-refractivity contribution < 1.29 is 13.2 Å². The number of benzene rings is 1. The minimum atomic E-state index is -4.32. The second kappa shape index (κ2) is 4.52. The van der Waals surface area contributed by atoms with Crippen molar-refractivity contribution in [3.05, 3.63) is 29.8 Å². The molecular formula is C13H13F3N2. The summed E-state index contributed by atoms with van der Waals surface area (Å²) in [7, 11) is 0. The number of alkyl halides is 3. The van der Waals surface area contributed by atoms with Crippen molar-refractivity contribution in [2.24, 2.45) is 5.41 Å². The van der Waals surface area contributed by atoms with Crippen LogP contribution in [0.4, 0.5) is 18.9 Å². The van der Waals surface area contributed by atoms with Crippen molar-refractivity contribution in [2.75, 3.05) is 11.9 Å². The van der Waals surface area contributed by atoms with E-state index < -0.39 is 11.7 Å². The van der Waals surface area contributed by atoms with Crippen LogP contribution < -0.4 is 5.32 Å². The van der Waals surface area contributed by atoms with E-state index in [9.17, 15) is 13.2 Å². The minimum Gasteiger partial charge on any atom is -0.384 e. The van der Waals surface area contributed by atoms with Gasteiger partial charge in [-0.3, -0.25) is 0 Å². The molecule has 1 fully saturated rings. The highest BCUT2D eigenvalue weighted by atomic mass is 19.4. The fourth-order valence-electron chi connectivity index (χ4n) is 1.86. The zero-order valence-electron chi connectivity index (χ0n) is 9.72. The molecule has 2 nitrogen and oxygen atoms in total. The predicted molar refractivity (Wildman–Crippen MR) is 61.8 cm³/mol. The Kier molecular flexibility index (Phi) is 3.20. The molecule has 0 saturated heterocycles. The van der Waals surface area contributed by atoms with Crippen molar-refractivity contribution >= 4 is 5.69 Å². The van der Waals surface area contributed by atoms with Gasteiger partial charge in [-0.1, -0.05) is 6.07 Å². The van der Waals surface area contributed by atoms with Crippen molar-refractivity contribution in [1.29, 1.82) is 5.26 Å². The van der Waals surface area contributed by atoms with E-state index in [0.717, 1.165) is 25.0 Å². The second-order valence-corrected chi connectivity index (χ2v) is 4.77. The van der Waals surface area contributed by atoms with E-state index >= 15 is 0 Å². The normalized spacial score (nSPS) is 17.0. The Balaban J connectivity index is 2.01. The molecule has 0 heterocycles. The van der Waals surface area contributed by atoms with E-state index in [4.69, 9.17) is 5.26 Å². The Morgan fingerprint density at radius 1 is 1.33 bits per heavy atom. The van der Waals surface area contributed by atoms with Gasteiger partial charge in [0.2, 0.25) is 0 Å². The summed E-state index contributed by atoms with van der Waals surface area (Å²) in [6.07, 6.45) is -1.93. The molecule has 0 unspecified atom stereocenters. The maximum absolute atomic E-state index is 12.5. The highest BCUT2D eigenvalue weighted by Gasteiger charge is 2.42. The van der Waals surface area contributed by atoms with Gasteiger partial charge in [0.25, 0.3) is 0 Å². The molecule has 1 aromatic carbocycles. The average Bonchev–Trinajstić information content (AvgIpc) is 3.07. The van der Waals surface area contributed by atoms with Crippen LogP contribution in [0.15, 0.2) is 24.3 Å². The first-order chi connectivity index (χ1) is 8.45. The molecule has 0 aliphatic heterocycles. The van der Waals surface area contributed by atoms with Gasteiger partial charge in [-0.15, -0.1) is 0 Å². The number of halogens is 3. The third-order valence-electron chi connectivity index (χ3n) is 3.27. The third-order valence-corrected chi connectivity index (χ3v) is 3.27. The highest BCUT2D eigenvalue weighted by molar-refractivity contribution is 5.47. The lowest BCUT2D eigenvalue weighted by atomic mass is 10.0. The van der Waals surface area contributed by atoms with Crippen LogP contribution in [0.1, 0.15) is 24.8 Å². The van der Waals surface area contributed by atoms with Gasteiger partial charge in [-0.25, -0.2) is 0 Å². The average molecular weight is 254 g/mol. The van der Waals surface area contributed by atoms with Crippen LogP contribution in [0.5, 0.6) is 0 Å². The van der Waals surface area contributed by atoms with E-state index in [0.29, 0.717) is 18.7 Å². The van der Waals surface area contributed by atoms with Gasteiger partial charge in [0.15, 0.2) is 0 Å². The fourth-order valence-corrected chi connectivity index (χ4v) is 1.86. The molecule has 0 bridgehead atoms. The molecule has 0 radical (unpaired) electrons. The van der Waals surface area contributed by atoms with Crippen LogP contribution in [0, 0.1) is 16.7 Å². The van der Waals surface area contributed by atoms with Crippen molar-refractivity contribution in [2.45, 2.75) is 25.4 Å². The number of rotatable bonds is 4. The van der Waals surface area contributed by atoms with E-state index in [1.807, 2.05) is 0 Å². The first-order valence-corrected chi connectivity index (χ1v) is 5.73. The van der Waals surface area contributed by atoms with Gasteiger partial charge in [0, 0.05) is 24.1 Å². The van der Waals surface area contributed by atoms with Gasteiger partial charge in [-0.05, 0) is 31.0 Å². The van der Waals surface area contributed by atoms with Crippen LogP contribution in [0.25, 0.3) is 0 Å². The lowest BCUT2D eigenvalue weighted by molar-refractivity contribution is -0.137. The molecule has 1 aliphatic carbocycles. The summed E-state index contributed by atoms with van der Waals surface area (Å²) >= 11 is 0. The Labute approximate surface area is 103 Å². The van der Waals surface area contributed by atoms with Crippen molar-refractivity contribution in [3.63, 3.8) is 0 Å². The molecule has 5 heteroatoms. The van der Waals surface area contributed by atoms with Crippen LogP contribution in [0.2, 0.25) is 0 Å². The molecule has 1 N–H and O–H groups in total. The Morgan fingerprint density at radius 2 is 2.06 bits per heavy atom. The Hall–Kier alpha value is -1.70. The van der Waals surface area contributed by atoms with Gasteiger partial charge >= 0.3 is 6.18 Å². The van der Waals surface area contributed by atoms with Crippen molar-refractivity contribution in [1.82, 2.24) is 0 Å². The van der Waals surface area contributed by atoms with Gasteiger partial charge in [0.05, 0.1) is 11.6 Å². The zero-order chi connectivity index (χ0) is 13.2. The Morgan fingerprint density at radius 3 is 2.61 bits per heavy atom. The SMILES string of the molecule is N#CCC1(CNc2cccc(C(F)(F)F)c2)CC1. The largest absolute Gasteiger partial charge is 0.416 e. The van der Waals surface area contributed by atoms with E-state index in [2.05, 4.69) is 11.4 Å². The molecule has 0 aromatic heterocycles. The number of hydrogen-bond donors (Lipinski definition) is 1. The maximum atomic E-state index is 12.5. The molecule has 2 rings (SSSR count). The van der Waals surface area contributed by atoms with Crippen molar-refractivity contribution in [3.8, 4) is 6.07 Å². The summed E-state index contributed by atoms with van der Waals surface area (Å²) in [4.78, 5) is 0. The van der Waals surface area contributed by atoms with Gasteiger partial charge in [-0.2, -0.15) is 18.4 Å². The number of nitriles is 1. The molecule has 0 spiro atoms. The standard InChI is InChI=1S/C13H13F3N2/c14-13(15,16)10-2-1-3-11(8-10)18-9-12(4-5-12)6-7-17/h1-3,8,18H,4-6,9H2. The van der Waals surface area contributed by atoms with Crippen LogP contribution in [0.3, 0.4) is 0 Å². The quantitative estimate of drug-likeness (QED) is 0.886. The lowest BCUT2D eigenvalue weighted by Gasteiger charge is -2.14. The van der Waals surface area contributed by atoms with Crippen LogP contribution in [-0.4, -0.2) is 6.54 Å². The summed E-state index contributed by atoms with van der Waals surface area (Å²) in [6, 6.07) is 7.26. The first kappa shape index (κ1) is 12.7. The number of anilines is 1. The van der Waals surface area contributed by atoms with E-state index in [1.165, 1.54) is 6.07 Å². The molecule has 1 aromatic rings. The summed E-state index contributed by atoms with van der Waals surface area (Å²) in [5.74, 6) is 0. The van der Waals surface area contributed by atoms with Gasteiger partial charge in [0.1, 0.15) is 0 Å².